The first kappa shape index (κ1) is 13.8. The summed E-state index contributed by atoms with van der Waals surface area (Å²) in [7, 11) is -3.39. The van der Waals surface area contributed by atoms with E-state index < -0.39 is 15.7 Å². The van der Waals surface area contributed by atoms with Crippen molar-refractivity contribution >= 4 is 16.1 Å². The van der Waals surface area contributed by atoms with E-state index in [9.17, 15) is 12.8 Å². The van der Waals surface area contributed by atoms with Crippen molar-refractivity contribution < 1.29 is 12.8 Å². The Hall–Kier alpha value is -2.15. The Labute approximate surface area is 121 Å². The molecule has 2 N–H and O–H groups in total. The molecule has 0 spiro atoms. The third kappa shape index (κ3) is 2.33. The summed E-state index contributed by atoms with van der Waals surface area (Å²) >= 11 is 0. The smallest absolute Gasteiger partial charge is 0.175 e. The lowest BCUT2D eigenvalue weighted by Gasteiger charge is -2.10. The number of halogens is 1. The largest absolute Gasteiger partial charge is 0.358 e. The number of rotatable bonds is 2. The fourth-order valence-electron chi connectivity index (χ4n) is 2.43. The fraction of sp³-hybridized carbons (Fsp3) is 0.214. The average Bonchev–Trinajstić information content (AvgIpc) is 2.76. The Morgan fingerprint density at radius 3 is 2.81 bits per heavy atom. The number of nitrogens with one attached hydrogen (secondary N) is 2. The number of hydrazone groups is 1. The first-order valence-corrected chi connectivity index (χ1v) is 8.24. The first-order chi connectivity index (χ1) is 9.88. The number of aromatic nitrogens is 1. The van der Waals surface area contributed by atoms with Gasteiger partial charge in [0.2, 0.25) is 0 Å². The molecule has 0 radical (unpaired) electrons. The van der Waals surface area contributed by atoms with E-state index >= 15 is 0 Å². The Morgan fingerprint density at radius 2 is 2.10 bits per heavy atom. The maximum absolute atomic E-state index is 14.1. The minimum atomic E-state index is -3.39. The van der Waals surface area contributed by atoms with Gasteiger partial charge < -0.3 is 10.4 Å². The van der Waals surface area contributed by atoms with E-state index in [2.05, 4.69) is 15.5 Å². The number of fused-ring (bicyclic) bond motifs is 1. The lowest BCUT2D eigenvalue weighted by molar-refractivity contribution is 0.600. The molecule has 3 rings (SSSR count). The van der Waals surface area contributed by atoms with Crippen LogP contribution in [0, 0.1) is 12.7 Å². The van der Waals surface area contributed by atoms with Crippen LogP contribution in [0.3, 0.4) is 0 Å². The maximum Gasteiger partial charge on any atom is 0.175 e. The lowest BCUT2D eigenvalue weighted by Crippen LogP contribution is -2.12. The van der Waals surface area contributed by atoms with E-state index in [-0.39, 0.29) is 10.5 Å². The summed E-state index contributed by atoms with van der Waals surface area (Å²) in [4.78, 5) is 3.21. The number of nitrogens with zero attached hydrogens (tertiary/aromatic N) is 1. The Balaban J connectivity index is 2.25. The number of H-pyrrole nitrogens is 1. The molecule has 0 fully saturated rings. The predicted octanol–water partition coefficient (Wildman–Crippen LogP) is 1.97. The second-order valence-electron chi connectivity index (χ2n) is 5.02. The van der Waals surface area contributed by atoms with Gasteiger partial charge in [-0.15, -0.1) is 0 Å². The van der Waals surface area contributed by atoms with Crippen LogP contribution in [-0.4, -0.2) is 25.9 Å². The Morgan fingerprint density at radius 1 is 1.33 bits per heavy atom. The SMILES string of the molecule is Cc1[nH]c(-c2cc(S(C)(=O)=O)ccc2F)c2c1CNN=C2. The molecule has 1 aliphatic rings. The fourth-order valence-corrected chi connectivity index (χ4v) is 3.07. The third-order valence-electron chi connectivity index (χ3n) is 3.54. The maximum atomic E-state index is 14.1. The topological polar surface area (TPSA) is 74.3 Å². The molecule has 0 saturated heterocycles. The van der Waals surface area contributed by atoms with Crippen LogP contribution >= 0.6 is 0 Å². The first-order valence-electron chi connectivity index (χ1n) is 6.35. The molecule has 1 aromatic heterocycles. The molecule has 7 heteroatoms. The van der Waals surface area contributed by atoms with Gasteiger partial charge in [-0.2, -0.15) is 5.10 Å². The highest BCUT2D eigenvalue weighted by Gasteiger charge is 2.20. The zero-order valence-corrected chi connectivity index (χ0v) is 12.4. The quantitative estimate of drug-likeness (QED) is 0.833. The Bertz CT molecular complexity index is 853. The van der Waals surface area contributed by atoms with Gasteiger partial charge in [0.1, 0.15) is 5.82 Å². The van der Waals surface area contributed by atoms with E-state index in [0.29, 0.717) is 12.2 Å². The van der Waals surface area contributed by atoms with Gasteiger partial charge in [-0.1, -0.05) is 0 Å². The molecular weight excluding hydrogens is 293 g/mol. The summed E-state index contributed by atoms with van der Waals surface area (Å²) in [5.74, 6) is -0.474. The summed E-state index contributed by atoms with van der Waals surface area (Å²) in [5.41, 5.74) is 6.34. The van der Waals surface area contributed by atoms with E-state index in [1.165, 1.54) is 18.2 Å². The molecular formula is C14H14FN3O2S. The molecule has 2 heterocycles. The summed E-state index contributed by atoms with van der Waals surface area (Å²) in [6.07, 6.45) is 2.72. The van der Waals surface area contributed by atoms with E-state index in [0.717, 1.165) is 23.1 Å². The van der Waals surface area contributed by atoms with Crippen LogP contribution in [0.15, 0.2) is 28.2 Å². The second kappa shape index (κ2) is 4.70. The summed E-state index contributed by atoms with van der Waals surface area (Å²) in [5, 5.41) is 3.98. The van der Waals surface area contributed by atoms with Gasteiger partial charge in [0.25, 0.3) is 0 Å². The van der Waals surface area contributed by atoms with E-state index in [1.54, 1.807) is 6.21 Å². The van der Waals surface area contributed by atoms with Gasteiger partial charge in [-0.25, -0.2) is 12.8 Å². The molecule has 0 bridgehead atoms. The highest BCUT2D eigenvalue weighted by atomic mass is 32.2. The van der Waals surface area contributed by atoms with Gasteiger partial charge in [0.15, 0.2) is 9.84 Å². The van der Waals surface area contributed by atoms with Gasteiger partial charge >= 0.3 is 0 Å². The molecule has 21 heavy (non-hydrogen) atoms. The molecule has 0 amide bonds. The van der Waals surface area contributed by atoms with E-state index in [4.69, 9.17) is 0 Å². The summed E-state index contributed by atoms with van der Waals surface area (Å²) in [6, 6.07) is 3.80. The molecule has 1 aromatic carbocycles. The monoisotopic (exact) mass is 307 g/mol. The van der Waals surface area contributed by atoms with Crippen LogP contribution in [0.5, 0.6) is 0 Å². The molecule has 110 valence electrons. The minimum absolute atomic E-state index is 0.0887. The molecule has 1 aliphatic heterocycles. The zero-order valence-electron chi connectivity index (χ0n) is 11.6. The molecule has 0 unspecified atom stereocenters. The highest BCUT2D eigenvalue weighted by Crippen LogP contribution is 2.31. The van der Waals surface area contributed by atoms with Crippen LogP contribution in [0.2, 0.25) is 0 Å². The summed E-state index contributed by atoms with van der Waals surface area (Å²) in [6.45, 7) is 2.45. The van der Waals surface area contributed by atoms with Gasteiger partial charge in [0.05, 0.1) is 23.3 Å². The van der Waals surface area contributed by atoms with Crippen LogP contribution in [0.4, 0.5) is 4.39 Å². The number of aromatic amines is 1. The van der Waals surface area contributed by atoms with Crippen molar-refractivity contribution in [3.05, 3.63) is 40.8 Å². The number of hydrogen-bond acceptors (Lipinski definition) is 4. The van der Waals surface area contributed by atoms with Crippen LogP contribution in [0.1, 0.15) is 16.8 Å². The van der Waals surface area contributed by atoms with Crippen LogP contribution in [0.25, 0.3) is 11.3 Å². The van der Waals surface area contributed by atoms with Crippen LogP contribution in [-0.2, 0) is 16.4 Å². The molecule has 5 nitrogen and oxygen atoms in total. The number of aryl methyl sites for hydroxylation is 1. The normalized spacial score (nSPS) is 13.9. The van der Waals surface area contributed by atoms with Crippen molar-refractivity contribution in [3.8, 4) is 11.3 Å². The minimum Gasteiger partial charge on any atom is -0.358 e. The van der Waals surface area contributed by atoms with Crippen molar-refractivity contribution in [2.45, 2.75) is 18.4 Å². The van der Waals surface area contributed by atoms with Gasteiger partial charge in [-0.3, -0.25) is 0 Å². The standard InChI is InChI=1S/C14H14FN3O2S/c1-8-11-6-16-17-7-12(11)14(18-8)10-5-9(21(2,19)20)3-4-13(10)15/h3-5,7,16,18H,6H2,1-2H3. The van der Waals surface area contributed by atoms with Gasteiger partial charge in [-0.05, 0) is 25.1 Å². The predicted molar refractivity (Wildman–Crippen MR) is 78.5 cm³/mol. The number of benzene rings is 1. The third-order valence-corrected chi connectivity index (χ3v) is 4.65. The van der Waals surface area contributed by atoms with Crippen molar-refractivity contribution in [3.63, 3.8) is 0 Å². The lowest BCUT2D eigenvalue weighted by atomic mass is 10.0. The molecule has 0 aliphatic carbocycles. The van der Waals surface area contributed by atoms with Crippen molar-refractivity contribution in [2.75, 3.05) is 6.26 Å². The summed E-state index contributed by atoms with van der Waals surface area (Å²) < 4.78 is 37.5. The zero-order chi connectivity index (χ0) is 15.2. The molecule has 2 aromatic rings. The van der Waals surface area contributed by atoms with E-state index in [1.807, 2.05) is 6.92 Å². The van der Waals surface area contributed by atoms with Crippen molar-refractivity contribution in [1.82, 2.24) is 10.4 Å². The Kier molecular flexibility index (Phi) is 3.09. The molecule has 0 saturated carbocycles. The van der Waals surface area contributed by atoms with Gasteiger partial charge in [0, 0.05) is 28.6 Å². The number of hydrogen-bond donors (Lipinski definition) is 2. The van der Waals surface area contributed by atoms with Crippen LogP contribution < -0.4 is 5.43 Å². The second-order valence-corrected chi connectivity index (χ2v) is 7.04. The average molecular weight is 307 g/mol. The number of sulfone groups is 1. The van der Waals surface area contributed by atoms with Crippen molar-refractivity contribution in [2.24, 2.45) is 5.10 Å². The van der Waals surface area contributed by atoms with Crippen molar-refractivity contribution in [1.29, 1.82) is 0 Å². The highest BCUT2D eigenvalue weighted by molar-refractivity contribution is 7.90. The molecule has 0 atom stereocenters.